The van der Waals surface area contributed by atoms with Gasteiger partial charge < -0.3 is 20.7 Å². The molecular formula is C12H20N4O2S. The number of nitrogen functional groups attached to an aromatic ring is 1. The second kappa shape index (κ2) is 5.75. The average molecular weight is 284 g/mol. The summed E-state index contributed by atoms with van der Waals surface area (Å²) in [5, 5.41) is 3.77. The molecule has 19 heavy (non-hydrogen) atoms. The number of carbonyl (C=O) groups is 1. The van der Waals surface area contributed by atoms with E-state index in [1.54, 1.807) is 4.90 Å². The molecule has 2 unspecified atom stereocenters. The smallest absolute Gasteiger partial charge is 0.268 e. The van der Waals surface area contributed by atoms with Crippen molar-refractivity contribution in [2.45, 2.75) is 33.0 Å². The number of nitrogens with two attached hydrogens (primary N) is 1. The topological polar surface area (TPSA) is 80.5 Å². The van der Waals surface area contributed by atoms with Gasteiger partial charge in [0, 0.05) is 19.6 Å². The average Bonchev–Trinajstić information content (AvgIpc) is 2.68. The lowest BCUT2D eigenvalue weighted by molar-refractivity contribution is -0.0584. The van der Waals surface area contributed by atoms with Gasteiger partial charge in [0.05, 0.1) is 12.2 Å². The molecule has 3 N–H and O–H groups in total. The Labute approximate surface area is 116 Å². The Balaban J connectivity index is 2.14. The molecule has 0 bridgehead atoms. The van der Waals surface area contributed by atoms with Crippen molar-refractivity contribution in [1.82, 2.24) is 9.88 Å². The quantitative estimate of drug-likeness (QED) is 0.877. The maximum atomic E-state index is 12.5. The van der Waals surface area contributed by atoms with Crippen molar-refractivity contribution in [1.29, 1.82) is 0 Å². The molecule has 106 valence electrons. The van der Waals surface area contributed by atoms with Crippen LogP contribution in [0.1, 0.15) is 30.4 Å². The number of rotatable bonds is 3. The van der Waals surface area contributed by atoms with E-state index in [9.17, 15) is 4.79 Å². The van der Waals surface area contributed by atoms with Crippen molar-refractivity contribution >= 4 is 28.2 Å². The normalized spacial score (nSPS) is 23.4. The predicted octanol–water partition coefficient (Wildman–Crippen LogP) is 1.41. The number of nitrogens with zero attached hydrogens (tertiary/aromatic N) is 2. The Hall–Kier alpha value is -1.34. The number of morpholine rings is 1. The van der Waals surface area contributed by atoms with Gasteiger partial charge in [0.2, 0.25) is 0 Å². The van der Waals surface area contributed by atoms with E-state index in [2.05, 4.69) is 10.3 Å². The van der Waals surface area contributed by atoms with Gasteiger partial charge in [0.25, 0.3) is 5.91 Å². The van der Waals surface area contributed by atoms with Gasteiger partial charge in [-0.2, -0.15) is 0 Å². The molecule has 0 spiro atoms. The van der Waals surface area contributed by atoms with Crippen LogP contribution in [0.5, 0.6) is 0 Å². The summed E-state index contributed by atoms with van der Waals surface area (Å²) in [5.41, 5.74) is 5.83. The SMILES string of the molecule is CCNc1nc(N)c(C(=O)N2CC(C)OC(C)C2)s1. The highest BCUT2D eigenvalue weighted by molar-refractivity contribution is 7.18. The van der Waals surface area contributed by atoms with Crippen LogP contribution in [0.4, 0.5) is 10.9 Å². The standard InChI is InChI=1S/C12H20N4O2S/c1-4-14-12-15-10(13)9(19-12)11(17)16-5-7(2)18-8(3)6-16/h7-8H,4-6,13H2,1-3H3,(H,14,15). The summed E-state index contributed by atoms with van der Waals surface area (Å²) in [6.45, 7) is 7.86. The van der Waals surface area contributed by atoms with E-state index in [4.69, 9.17) is 10.5 Å². The number of nitrogens with one attached hydrogen (secondary N) is 1. The number of aromatic nitrogens is 1. The minimum atomic E-state index is -0.0545. The minimum absolute atomic E-state index is 0.0510. The molecule has 2 rings (SSSR count). The van der Waals surface area contributed by atoms with Gasteiger partial charge in [-0.05, 0) is 20.8 Å². The first-order valence-electron chi connectivity index (χ1n) is 6.46. The third kappa shape index (κ3) is 3.16. The molecule has 2 heterocycles. The van der Waals surface area contributed by atoms with Crippen LogP contribution in [0.2, 0.25) is 0 Å². The van der Waals surface area contributed by atoms with E-state index in [0.29, 0.717) is 28.9 Å². The fourth-order valence-corrected chi connectivity index (χ4v) is 3.12. The lowest BCUT2D eigenvalue weighted by atomic mass is 10.2. The van der Waals surface area contributed by atoms with Gasteiger partial charge in [0.15, 0.2) is 5.13 Å². The summed E-state index contributed by atoms with van der Waals surface area (Å²) in [4.78, 5) is 18.9. The molecule has 0 radical (unpaired) electrons. The summed E-state index contributed by atoms with van der Waals surface area (Å²) < 4.78 is 5.63. The highest BCUT2D eigenvalue weighted by atomic mass is 32.1. The number of carbonyl (C=O) groups excluding carboxylic acids is 1. The van der Waals surface area contributed by atoms with Crippen LogP contribution >= 0.6 is 11.3 Å². The van der Waals surface area contributed by atoms with Crippen LogP contribution in [0.25, 0.3) is 0 Å². The number of anilines is 2. The van der Waals surface area contributed by atoms with Crippen molar-refractivity contribution in [2.24, 2.45) is 0 Å². The molecule has 0 saturated carbocycles. The van der Waals surface area contributed by atoms with Crippen LogP contribution < -0.4 is 11.1 Å². The summed E-state index contributed by atoms with van der Waals surface area (Å²) in [7, 11) is 0. The summed E-state index contributed by atoms with van der Waals surface area (Å²) in [5.74, 6) is 0.249. The summed E-state index contributed by atoms with van der Waals surface area (Å²) in [6, 6.07) is 0. The third-order valence-electron chi connectivity index (χ3n) is 2.88. The van der Waals surface area contributed by atoms with Crippen LogP contribution in [0, 0.1) is 0 Å². The van der Waals surface area contributed by atoms with Gasteiger partial charge >= 0.3 is 0 Å². The Kier molecular flexibility index (Phi) is 4.26. The molecule has 1 aromatic rings. The summed E-state index contributed by atoms with van der Waals surface area (Å²) >= 11 is 1.31. The first kappa shape index (κ1) is 14.1. The van der Waals surface area contributed by atoms with Gasteiger partial charge in [0.1, 0.15) is 10.7 Å². The number of hydrogen-bond donors (Lipinski definition) is 2. The highest BCUT2D eigenvalue weighted by Gasteiger charge is 2.29. The van der Waals surface area contributed by atoms with Crippen LogP contribution in [-0.2, 0) is 4.74 Å². The highest BCUT2D eigenvalue weighted by Crippen LogP contribution is 2.27. The summed E-state index contributed by atoms with van der Waals surface area (Å²) in [6.07, 6.45) is 0.102. The molecule has 1 aliphatic heterocycles. The minimum Gasteiger partial charge on any atom is -0.382 e. The Bertz CT molecular complexity index is 453. The van der Waals surface area contributed by atoms with Crippen molar-refractivity contribution in [2.75, 3.05) is 30.7 Å². The molecular weight excluding hydrogens is 264 g/mol. The molecule has 7 heteroatoms. The van der Waals surface area contributed by atoms with Crippen LogP contribution in [0.3, 0.4) is 0 Å². The second-order valence-electron chi connectivity index (χ2n) is 4.73. The van der Waals surface area contributed by atoms with Gasteiger partial charge in [-0.3, -0.25) is 4.79 Å². The number of ether oxygens (including phenoxy) is 1. The van der Waals surface area contributed by atoms with E-state index in [1.807, 2.05) is 20.8 Å². The fourth-order valence-electron chi connectivity index (χ4n) is 2.20. The van der Waals surface area contributed by atoms with Crippen molar-refractivity contribution < 1.29 is 9.53 Å². The molecule has 1 aromatic heterocycles. The van der Waals surface area contributed by atoms with Crippen molar-refractivity contribution in [3.8, 4) is 0 Å². The lowest BCUT2D eigenvalue weighted by Crippen LogP contribution is -2.48. The fraction of sp³-hybridized carbons (Fsp3) is 0.667. The Morgan fingerprint density at radius 2 is 2.16 bits per heavy atom. The van der Waals surface area contributed by atoms with Crippen molar-refractivity contribution in [3.63, 3.8) is 0 Å². The zero-order chi connectivity index (χ0) is 14.0. The van der Waals surface area contributed by atoms with E-state index >= 15 is 0 Å². The zero-order valence-corrected chi connectivity index (χ0v) is 12.3. The maximum Gasteiger partial charge on any atom is 0.268 e. The molecule has 1 aliphatic rings. The van der Waals surface area contributed by atoms with E-state index in [-0.39, 0.29) is 18.1 Å². The first-order valence-corrected chi connectivity index (χ1v) is 7.27. The monoisotopic (exact) mass is 284 g/mol. The molecule has 0 aliphatic carbocycles. The number of thiazole rings is 1. The zero-order valence-electron chi connectivity index (χ0n) is 11.5. The van der Waals surface area contributed by atoms with E-state index < -0.39 is 0 Å². The maximum absolute atomic E-state index is 12.5. The van der Waals surface area contributed by atoms with Gasteiger partial charge in [-0.1, -0.05) is 11.3 Å². The Morgan fingerprint density at radius 3 is 2.74 bits per heavy atom. The molecule has 1 fully saturated rings. The number of hydrogen-bond acceptors (Lipinski definition) is 6. The number of amides is 1. The largest absolute Gasteiger partial charge is 0.382 e. The molecule has 2 atom stereocenters. The van der Waals surface area contributed by atoms with E-state index in [1.165, 1.54) is 11.3 Å². The molecule has 0 aromatic carbocycles. The predicted molar refractivity (Wildman–Crippen MR) is 76.6 cm³/mol. The van der Waals surface area contributed by atoms with Crippen LogP contribution in [0.15, 0.2) is 0 Å². The van der Waals surface area contributed by atoms with Gasteiger partial charge in [-0.25, -0.2) is 4.98 Å². The second-order valence-corrected chi connectivity index (χ2v) is 5.73. The molecule has 6 nitrogen and oxygen atoms in total. The third-order valence-corrected chi connectivity index (χ3v) is 3.90. The lowest BCUT2D eigenvalue weighted by Gasteiger charge is -2.35. The van der Waals surface area contributed by atoms with E-state index in [0.717, 1.165) is 6.54 Å². The Morgan fingerprint density at radius 1 is 1.53 bits per heavy atom. The van der Waals surface area contributed by atoms with Gasteiger partial charge in [-0.15, -0.1) is 0 Å². The van der Waals surface area contributed by atoms with Crippen molar-refractivity contribution in [3.05, 3.63) is 4.88 Å². The van der Waals surface area contributed by atoms with Crippen LogP contribution in [-0.4, -0.2) is 47.6 Å². The molecule has 1 saturated heterocycles. The molecule has 1 amide bonds. The first-order chi connectivity index (χ1) is 9.01.